The van der Waals surface area contributed by atoms with Gasteiger partial charge < -0.3 is 4.52 Å². The Morgan fingerprint density at radius 2 is 2.19 bits per heavy atom. The molecule has 0 radical (unpaired) electrons. The molecule has 4 heteroatoms. The van der Waals surface area contributed by atoms with Gasteiger partial charge in [-0.2, -0.15) is 0 Å². The topological polar surface area (TPSA) is 43.1 Å². The normalized spacial score (nSPS) is 10.4. The molecule has 16 heavy (non-hydrogen) atoms. The van der Waals surface area contributed by atoms with Gasteiger partial charge in [0.15, 0.2) is 5.78 Å². The Morgan fingerprint density at radius 1 is 1.44 bits per heavy atom. The molecule has 82 valence electrons. The van der Waals surface area contributed by atoms with Gasteiger partial charge >= 0.3 is 0 Å². The Balaban J connectivity index is 2.60. The number of nitrogens with zero attached hydrogens (tertiary/aromatic N) is 1. The van der Waals surface area contributed by atoms with Crippen molar-refractivity contribution in [3.8, 4) is 11.3 Å². The summed E-state index contributed by atoms with van der Waals surface area (Å²) < 4.78 is 6.01. The van der Waals surface area contributed by atoms with E-state index in [1.165, 1.54) is 6.92 Å². The van der Waals surface area contributed by atoms with Gasteiger partial charge in [0.2, 0.25) is 0 Å². The minimum Gasteiger partial charge on any atom is -0.360 e. The third-order valence-electron chi connectivity index (χ3n) is 2.31. The van der Waals surface area contributed by atoms with Crippen LogP contribution in [-0.2, 0) is 0 Å². The first-order chi connectivity index (χ1) is 7.59. The number of aromatic nitrogens is 1. The van der Waals surface area contributed by atoms with Gasteiger partial charge in [0, 0.05) is 10.0 Å². The quantitative estimate of drug-likeness (QED) is 0.789. The van der Waals surface area contributed by atoms with Gasteiger partial charge in [-0.3, -0.25) is 4.79 Å². The number of benzene rings is 1. The summed E-state index contributed by atoms with van der Waals surface area (Å²) in [6, 6.07) is 7.62. The van der Waals surface area contributed by atoms with Crippen molar-refractivity contribution in [2.45, 2.75) is 13.8 Å². The van der Waals surface area contributed by atoms with Crippen LogP contribution in [0.2, 0.25) is 0 Å². The van der Waals surface area contributed by atoms with Crippen LogP contribution in [-0.4, -0.2) is 10.9 Å². The predicted octanol–water partition coefficient (Wildman–Crippen LogP) is 3.62. The third-order valence-corrected chi connectivity index (χ3v) is 2.81. The van der Waals surface area contributed by atoms with Gasteiger partial charge in [0.25, 0.3) is 0 Å². The van der Waals surface area contributed by atoms with Crippen molar-refractivity contribution in [1.82, 2.24) is 5.16 Å². The summed E-state index contributed by atoms with van der Waals surface area (Å²) in [4.78, 5) is 11.5. The van der Waals surface area contributed by atoms with Gasteiger partial charge in [0.1, 0.15) is 11.5 Å². The Kier molecular flexibility index (Phi) is 2.92. The second kappa shape index (κ2) is 4.22. The number of aryl methyl sites for hydroxylation is 1. The molecule has 0 aliphatic carbocycles. The summed E-state index contributed by atoms with van der Waals surface area (Å²) in [5, 5.41) is 3.93. The molecule has 0 fully saturated rings. The van der Waals surface area contributed by atoms with Crippen LogP contribution in [0.4, 0.5) is 0 Å². The van der Waals surface area contributed by atoms with E-state index in [0.29, 0.717) is 17.0 Å². The first-order valence-electron chi connectivity index (χ1n) is 4.82. The molecule has 0 saturated heterocycles. The molecule has 0 spiro atoms. The van der Waals surface area contributed by atoms with Crippen LogP contribution in [0.25, 0.3) is 11.3 Å². The Labute approximate surface area is 102 Å². The van der Waals surface area contributed by atoms with Crippen molar-refractivity contribution >= 4 is 21.7 Å². The number of hydrogen-bond acceptors (Lipinski definition) is 3. The van der Waals surface area contributed by atoms with Crippen molar-refractivity contribution in [2.75, 3.05) is 0 Å². The lowest BCUT2D eigenvalue weighted by Crippen LogP contribution is -1.95. The molecule has 0 aliphatic rings. The summed E-state index contributed by atoms with van der Waals surface area (Å²) in [6.45, 7) is 3.26. The summed E-state index contributed by atoms with van der Waals surface area (Å²) in [7, 11) is 0. The maximum atomic E-state index is 11.5. The Hall–Kier alpha value is -1.42. The number of carbonyl (C=O) groups excluding carboxylic acids is 1. The van der Waals surface area contributed by atoms with Crippen LogP contribution >= 0.6 is 15.9 Å². The van der Waals surface area contributed by atoms with E-state index >= 15 is 0 Å². The zero-order valence-electron chi connectivity index (χ0n) is 8.95. The van der Waals surface area contributed by atoms with E-state index in [2.05, 4.69) is 21.1 Å². The minimum atomic E-state index is -0.0336. The predicted molar refractivity (Wildman–Crippen MR) is 64.4 cm³/mol. The summed E-state index contributed by atoms with van der Waals surface area (Å²) in [5.41, 5.74) is 2.03. The number of rotatable bonds is 2. The second-order valence-electron chi connectivity index (χ2n) is 3.53. The molecule has 2 aromatic rings. The molecule has 0 saturated carbocycles. The van der Waals surface area contributed by atoms with Gasteiger partial charge in [-0.1, -0.05) is 33.2 Å². The number of hydrogen-bond donors (Lipinski definition) is 0. The van der Waals surface area contributed by atoms with Crippen molar-refractivity contribution in [3.05, 3.63) is 40.1 Å². The molecule has 0 amide bonds. The smallest absolute Gasteiger partial charge is 0.165 e. The molecule has 0 bridgehead atoms. The van der Waals surface area contributed by atoms with Crippen LogP contribution < -0.4 is 0 Å². The van der Waals surface area contributed by atoms with Crippen LogP contribution in [0.3, 0.4) is 0 Å². The summed E-state index contributed by atoms with van der Waals surface area (Å²) in [6.07, 6.45) is 0. The Bertz CT molecular complexity index is 546. The van der Waals surface area contributed by atoms with Gasteiger partial charge in [0.05, 0.1) is 5.56 Å². The molecule has 0 aliphatic heterocycles. The van der Waals surface area contributed by atoms with E-state index in [9.17, 15) is 4.79 Å². The standard InChI is InChI=1S/C12H10BrNO2/c1-7(15)11-8(2)16-14-12(11)9-4-3-5-10(13)6-9/h3-6H,1-2H3. The fourth-order valence-electron chi connectivity index (χ4n) is 1.62. The fourth-order valence-corrected chi connectivity index (χ4v) is 2.02. The molecule has 0 atom stereocenters. The first kappa shape index (κ1) is 11.1. The molecule has 0 N–H and O–H groups in total. The first-order valence-corrected chi connectivity index (χ1v) is 5.62. The highest BCUT2D eigenvalue weighted by atomic mass is 79.9. The fraction of sp³-hybridized carbons (Fsp3) is 0.167. The SMILES string of the molecule is CC(=O)c1c(-c2cccc(Br)c2)noc1C. The molecule has 0 unspecified atom stereocenters. The highest BCUT2D eigenvalue weighted by Gasteiger charge is 2.18. The zero-order chi connectivity index (χ0) is 11.7. The van der Waals surface area contributed by atoms with Crippen LogP contribution in [0.5, 0.6) is 0 Å². The van der Waals surface area contributed by atoms with E-state index in [1.54, 1.807) is 6.92 Å². The summed E-state index contributed by atoms with van der Waals surface area (Å²) in [5.74, 6) is 0.524. The summed E-state index contributed by atoms with van der Waals surface area (Å²) >= 11 is 3.38. The number of carbonyl (C=O) groups is 1. The zero-order valence-corrected chi connectivity index (χ0v) is 10.5. The van der Waals surface area contributed by atoms with E-state index < -0.39 is 0 Å². The van der Waals surface area contributed by atoms with Crippen molar-refractivity contribution < 1.29 is 9.32 Å². The molecule has 2 rings (SSSR count). The van der Waals surface area contributed by atoms with Crippen molar-refractivity contribution in [2.24, 2.45) is 0 Å². The highest BCUT2D eigenvalue weighted by molar-refractivity contribution is 9.10. The molecule has 1 heterocycles. The van der Waals surface area contributed by atoms with Crippen molar-refractivity contribution in [1.29, 1.82) is 0 Å². The van der Waals surface area contributed by atoms with Gasteiger partial charge in [-0.15, -0.1) is 0 Å². The van der Waals surface area contributed by atoms with E-state index in [1.807, 2.05) is 24.3 Å². The van der Waals surface area contributed by atoms with E-state index in [-0.39, 0.29) is 5.78 Å². The van der Waals surface area contributed by atoms with Crippen LogP contribution in [0.1, 0.15) is 23.0 Å². The van der Waals surface area contributed by atoms with Crippen LogP contribution in [0, 0.1) is 6.92 Å². The third kappa shape index (κ3) is 1.93. The molecule has 1 aromatic heterocycles. The minimum absolute atomic E-state index is 0.0336. The second-order valence-corrected chi connectivity index (χ2v) is 4.44. The van der Waals surface area contributed by atoms with E-state index in [4.69, 9.17) is 4.52 Å². The lowest BCUT2D eigenvalue weighted by molar-refractivity contribution is 0.101. The van der Waals surface area contributed by atoms with E-state index in [0.717, 1.165) is 10.0 Å². The van der Waals surface area contributed by atoms with Crippen molar-refractivity contribution in [3.63, 3.8) is 0 Å². The molecule has 1 aromatic carbocycles. The molecular formula is C12H10BrNO2. The maximum absolute atomic E-state index is 11.5. The lowest BCUT2D eigenvalue weighted by atomic mass is 10.0. The van der Waals surface area contributed by atoms with Gasteiger partial charge in [-0.25, -0.2) is 0 Å². The monoisotopic (exact) mass is 279 g/mol. The number of Topliss-reactive ketones (excluding diaryl/α,β-unsaturated/α-hetero) is 1. The molecular weight excluding hydrogens is 270 g/mol. The van der Waals surface area contributed by atoms with Gasteiger partial charge in [-0.05, 0) is 26.0 Å². The number of halogens is 1. The lowest BCUT2D eigenvalue weighted by Gasteiger charge is -1.99. The average molecular weight is 280 g/mol. The maximum Gasteiger partial charge on any atom is 0.165 e. The number of ketones is 1. The highest BCUT2D eigenvalue weighted by Crippen LogP contribution is 2.27. The average Bonchev–Trinajstić information content (AvgIpc) is 2.60. The largest absolute Gasteiger partial charge is 0.360 e. The van der Waals surface area contributed by atoms with Crippen LogP contribution in [0.15, 0.2) is 33.3 Å². The molecule has 3 nitrogen and oxygen atoms in total. The Morgan fingerprint density at radius 3 is 2.81 bits per heavy atom.